The second kappa shape index (κ2) is 8.59. The van der Waals surface area contributed by atoms with Crippen molar-refractivity contribution in [2.45, 2.75) is 43.9 Å². The Labute approximate surface area is 170 Å². The molecule has 0 radical (unpaired) electrons. The third kappa shape index (κ3) is 4.47. The fourth-order valence-corrected chi connectivity index (χ4v) is 6.28. The highest BCUT2D eigenvalue weighted by Gasteiger charge is 2.48. The molecule has 6 nitrogen and oxygen atoms in total. The Morgan fingerprint density at radius 1 is 1.43 bits per heavy atom. The molecule has 2 heterocycles. The van der Waals surface area contributed by atoms with E-state index in [2.05, 4.69) is 0 Å². The van der Waals surface area contributed by atoms with Gasteiger partial charge in [-0.05, 0) is 54.2 Å². The first-order valence-corrected chi connectivity index (χ1v) is 11.4. The lowest BCUT2D eigenvalue weighted by molar-refractivity contribution is 0.168. The molecule has 1 saturated heterocycles. The number of hydrogen-bond acceptors (Lipinski definition) is 6. The number of allylic oxidation sites excluding steroid dienone is 1. The molecule has 0 unspecified atom stereocenters. The van der Waals surface area contributed by atoms with Gasteiger partial charge in [0.1, 0.15) is 5.75 Å². The predicted molar refractivity (Wildman–Crippen MR) is 110 cm³/mol. The van der Waals surface area contributed by atoms with Gasteiger partial charge in [0.2, 0.25) is 0 Å². The van der Waals surface area contributed by atoms with Gasteiger partial charge < -0.3 is 19.9 Å². The van der Waals surface area contributed by atoms with Crippen LogP contribution in [0.4, 0.5) is 0 Å². The van der Waals surface area contributed by atoms with Gasteiger partial charge in [0.15, 0.2) is 9.84 Å². The van der Waals surface area contributed by atoms with Gasteiger partial charge in [-0.2, -0.15) is 0 Å². The van der Waals surface area contributed by atoms with E-state index in [0.717, 1.165) is 17.6 Å². The van der Waals surface area contributed by atoms with E-state index < -0.39 is 28.3 Å². The number of sulfone groups is 1. The lowest BCUT2D eigenvalue weighted by atomic mass is 9.74. The molecular formula is C19H24BClO6S. The molecule has 1 aromatic carbocycles. The Balaban J connectivity index is 1.80. The number of halogens is 1. The fourth-order valence-electron chi connectivity index (χ4n) is 3.94. The molecular weight excluding hydrogens is 403 g/mol. The van der Waals surface area contributed by atoms with Crippen LogP contribution in [0.15, 0.2) is 34.9 Å². The molecule has 9 heteroatoms. The van der Waals surface area contributed by atoms with Crippen LogP contribution in [0.2, 0.25) is 11.3 Å². The second-order valence-electron chi connectivity index (χ2n) is 7.23. The average Bonchev–Trinajstić information content (AvgIpc) is 2.90. The van der Waals surface area contributed by atoms with Gasteiger partial charge in [0.05, 0.1) is 28.7 Å². The number of hydrogen-bond donors (Lipinski definition) is 3. The number of rotatable bonds is 6. The smallest absolute Gasteiger partial charge is 0.456 e. The van der Waals surface area contributed by atoms with Crippen molar-refractivity contribution in [3.05, 3.63) is 45.5 Å². The summed E-state index contributed by atoms with van der Waals surface area (Å²) in [5.41, 5.74) is 2.98. The lowest BCUT2D eigenvalue weighted by Crippen LogP contribution is -2.42. The van der Waals surface area contributed by atoms with Gasteiger partial charge in [0, 0.05) is 6.32 Å². The van der Waals surface area contributed by atoms with Crippen molar-refractivity contribution in [1.29, 1.82) is 0 Å². The quantitative estimate of drug-likeness (QED) is 0.477. The van der Waals surface area contributed by atoms with Crippen LogP contribution in [0.5, 0.6) is 5.75 Å². The molecule has 0 amide bonds. The maximum absolute atomic E-state index is 12.4. The van der Waals surface area contributed by atoms with E-state index in [1.165, 1.54) is 6.07 Å². The van der Waals surface area contributed by atoms with E-state index >= 15 is 0 Å². The van der Waals surface area contributed by atoms with E-state index in [4.69, 9.17) is 16.3 Å². The molecule has 3 rings (SSSR count). The summed E-state index contributed by atoms with van der Waals surface area (Å²) in [6.45, 7) is 1.69. The maximum Gasteiger partial charge on any atom is 0.456 e. The van der Waals surface area contributed by atoms with Crippen LogP contribution in [0.1, 0.15) is 31.7 Å². The third-order valence-electron chi connectivity index (χ3n) is 5.36. The average molecular weight is 427 g/mol. The SMILES string of the molecule is CC/C(=C\c1ccc(O)cc1Cl)CC[C@H]1OB(O)C[C@H]2C1=C(CO)CS2(=O)=O. The summed E-state index contributed by atoms with van der Waals surface area (Å²) < 4.78 is 30.4. The number of phenols is 1. The Kier molecular flexibility index (Phi) is 6.56. The standard InChI is InChI=1S/C19H24BClO6S/c1-2-12(7-13-4-5-15(23)8-16(13)21)3-6-17-19-14(10-22)11-28(25,26)18(19)9-20(24)27-17/h4-5,7-8,17-18,22-24H,2-3,6,9-11H2,1H3/b12-7+/t17-,18+/m1/s1. The summed E-state index contributed by atoms with van der Waals surface area (Å²) in [7, 11) is -4.54. The number of phenolic OH excluding ortho intramolecular Hbond substituents is 1. The van der Waals surface area contributed by atoms with Gasteiger partial charge in [-0.3, -0.25) is 0 Å². The molecule has 0 aliphatic carbocycles. The topological polar surface area (TPSA) is 104 Å². The molecule has 3 N–H and O–H groups in total. The van der Waals surface area contributed by atoms with E-state index in [9.17, 15) is 23.7 Å². The summed E-state index contributed by atoms with van der Waals surface area (Å²) in [5, 5.41) is 28.8. The number of fused-ring (bicyclic) bond motifs is 1. The number of aliphatic hydroxyl groups excluding tert-OH is 1. The monoisotopic (exact) mass is 426 g/mol. The van der Waals surface area contributed by atoms with Gasteiger partial charge in [-0.25, -0.2) is 8.42 Å². The van der Waals surface area contributed by atoms with Crippen molar-refractivity contribution in [3.8, 4) is 5.75 Å². The zero-order valence-corrected chi connectivity index (χ0v) is 17.2. The summed E-state index contributed by atoms with van der Waals surface area (Å²) in [4.78, 5) is 0. The first-order valence-electron chi connectivity index (χ1n) is 9.30. The van der Waals surface area contributed by atoms with Crippen LogP contribution in [0.25, 0.3) is 6.08 Å². The second-order valence-corrected chi connectivity index (χ2v) is 9.82. The van der Waals surface area contributed by atoms with Crippen LogP contribution < -0.4 is 0 Å². The molecule has 2 aliphatic heterocycles. The van der Waals surface area contributed by atoms with Gasteiger partial charge in [0.25, 0.3) is 0 Å². The number of aliphatic hydroxyl groups is 1. The van der Waals surface area contributed by atoms with Crippen LogP contribution in [-0.4, -0.2) is 54.5 Å². The molecule has 2 aliphatic rings. The van der Waals surface area contributed by atoms with Crippen molar-refractivity contribution in [2.75, 3.05) is 12.4 Å². The zero-order chi connectivity index (χ0) is 20.5. The predicted octanol–water partition coefficient (Wildman–Crippen LogP) is 2.58. The van der Waals surface area contributed by atoms with Crippen LogP contribution >= 0.6 is 11.6 Å². The molecule has 0 aromatic heterocycles. The van der Waals surface area contributed by atoms with E-state index in [1.54, 1.807) is 12.1 Å². The third-order valence-corrected chi connectivity index (χ3v) is 7.76. The highest BCUT2D eigenvalue weighted by atomic mass is 35.5. The van der Waals surface area contributed by atoms with Crippen LogP contribution in [0, 0.1) is 0 Å². The summed E-state index contributed by atoms with van der Waals surface area (Å²) in [6.07, 6.45) is 3.30. The van der Waals surface area contributed by atoms with Crippen LogP contribution in [0.3, 0.4) is 0 Å². The number of benzene rings is 1. The minimum absolute atomic E-state index is 0.0112. The maximum atomic E-state index is 12.4. The minimum atomic E-state index is -3.41. The van der Waals surface area contributed by atoms with Crippen molar-refractivity contribution in [3.63, 3.8) is 0 Å². The van der Waals surface area contributed by atoms with Crippen LogP contribution in [-0.2, 0) is 14.5 Å². The van der Waals surface area contributed by atoms with Gasteiger partial charge in [-0.1, -0.05) is 30.2 Å². The van der Waals surface area contributed by atoms with Gasteiger partial charge >= 0.3 is 7.12 Å². The highest BCUT2D eigenvalue weighted by Crippen LogP contribution is 2.39. The first-order chi connectivity index (χ1) is 13.2. The van der Waals surface area contributed by atoms with E-state index in [0.29, 0.717) is 29.0 Å². The number of aromatic hydroxyl groups is 1. The Morgan fingerprint density at radius 2 is 2.18 bits per heavy atom. The molecule has 1 fully saturated rings. The first kappa shape index (κ1) is 21.4. The lowest BCUT2D eigenvalue weighted by Gasteiger charge is -2.32. The van der Waals surface area contributed by atoms with E-state index in [-0.39, 0.29) is 24.4 Å². The van der Waals surface area contributed by atoms with Crippen molar-refractivity contribution in [1.82, 2.24) is 0 Å². The van der Waals surface area contributed by atoms with Crippen molar-refractivity contribution >= 4 is 34.6 Å². The zero-order valence-electron chi connectivity index (χ0n) is 15.6. The normalized spacial score (nSPS) is 24.6. The molecule has 0 saturated carbocycles. The Hall–Kier alpha value is -1.32. The minimum Gasteiger partial charge on any atom is -0.508 e. The largest absolute Gasteiger partial charge is 0.508 e. The Morgan fingerprint density at radius 3 is 2.82 bits per heavy atom. The Bertz CT molecular complexity index is 911. The summed E-state index contributed by atoms with van der Waals surface area (Å²) in [6, 6.07) is 4.78. The van der Waals surface area contributed by atoms with Gasteiger partial charge in [-0.15, -0.1) is 0 Å². The molecule has 1 aromatic rings. The van der Waals surface area contributed by atoms with Crippen molar-refractivity contribution < 1.29 is 28.3 Å². The molecule has 2 atom stereocenters. The molecule has 152 valence electrons. The highest BCUT2D eigenvalue weighted by molar-refractivity contribution is 7.92. The summed E-state index contributed by atoms with van der Waals surface area (Å²) >= 11 is 6.18. The summed E-state index contributed by atoms with van der Waals surface area (Å²) in [5.74, 6) is -0.0721. The molecule has 0 spiro atoms. The van der Waals surface area contributed by atoms with E-state index in [1.807, 2.05) is 13.0 Å². The molecule has 0 bridgehead atoms. The van der Waals surface area contributed by atoms with Crippen molar-refractivity contribution in [2.24, 2.45) is 0 Å². The molecule has 28 heavy (non-hydrogen) atoms. The fraction of sp³-hybridized carbons (Fsp3) is 0.474.